The molecule has 0 radical (unpaired) electrons. The molecule has 2 aromatic rings. The van der Waals surface area contributed by atoms with E-state index in [9.17, 15) is 10.1 Å². The van der Waals surface area contributed by atoms with Crippen molar-refractivity contribution >= 4 is 11.8 Å². The summed E-state index contributed by atoms with van der Waals surface area (Å²) >= 11 is 0. The van der Waals surface area contributed by atoms with Crippen LogP contribution in [0.5, 0.6) is 11.5 Å². The van der Waals surface area contributed by atoms with Crippen LogP contribution in [0.15, 0.2) is 48.0 Å². The third-order valence-electron chi connectivity index (χ3n) is 3.30. The first-order chi connectivity index (χ1) is 12.1. The Labute approximate surface area is 144 Å². The van der Waals surface area contributed by atoms with Gasteiger partial charge < -0.3 is 9.47 Å². The second kappa shape index (κ2) is 8.14. The van der Waals surface area contributed by atoms with Crippen LogP contribution in [0.25, 0.3) is 6.08 Å². The summed E-state index contributed by atoms with van der Waals surface area (Å²) in [6.45, 7) is 0.0319. The molecule has 0 saturated carbocycles. The largest absolute Gasteiger partial charge is 0.496 e. The molecule has 2 aromatic carbocycles. The van der Waals surface area contributed by atoms with E-state index in [1.165, 1.54) is 25.3 Å². The molecule has 0 atom stereocenters. The minimum absolute atomic E-state index is 0.0317. The van der Waals surface area contributed by atoms with Gasteiger partial charge in [0.1, 0.15) is 30.1 Å². The standard InChI is InChI=1S/C18H13N3O4/c1-24-17-7-6-13(8-14(10-19)11-20)9-15(17)12-25-18-5-3-2-4-16(18)21(22)23/h2-9H,12H2,1H3. The number of hydrogen-bond acceptors (Lipinski definition) is 6. The third-order valence-corrected chi connectivity index (χ3v) is 3.30. The summed E-state index contributed by atoms with van der Waals surface area (Å²) in [6, 6.07) is 14.7. The second-order valence-electron chi connectivity index (χ2n) is 4.87. The molecule has 0 aromatic heterocycles. The van der Waals surface area contributed by atoms with E-state index in [-0.39, 0.29) is 23.6 Å². The molecule has 7 nitrogen and oxygen atoms in total. The van der Waals surface area contributed by atoms with Gasteiger partial charge in [-0.05, 0) is 29.8 Å². The lowest BCUT2D eigenvalue weighted by atomic mass is 10.1. The van der Waals surface area contributed by atoms with Crippen LogP contribution in [0, 0.1) is 32.8 Å². The van der Waals surface area contributed by atoms with Crippen molar-refractivity contribution in [3.8, 4) is 23.6 Å². The molecule has 0 aliphatic heterocycles. The molecular formula is C18H13N3O4. The van der Waals surface area contributed by atoms with Gasteiger partial charge in [0, 0.05) is 11.6 Å². The van der Waals surface area contributed by atoms with Gasteiger partial charge in [-0.15, -0.1) is 0 Å². The van der Waals surface area contributed by atoms with E-state index < -0.39 is 4.92 Å². The summed E-state index contributed by atoms with van der Waals surface area (Å²) in [5.41, 5.74) is 1.09. The Bertz CT molecular complexity index is 891. The van der Waals surface area contributed by atoms with Crippen molar-refractivity contribution in [2.45, 2.75) is 6.61 Å². The summed E-state index contributed by atoms with van der Waals surface area (Å²) in [7, 11) is 1.50. The first-order valence-corrected chi connectivity index (χ1v) is 7.14. The molecular weight excluding hydrogens is 322 g/mol. The highest BCUT2D eigenvalue weighted by molar-refractivity contribution is 5.63. The highest BCUT2D eigenvalue weighted by Gasteiger charge is 2.14. The maximum Gasteiger partial charge on any atom is 0.310 e. The summed E-state index contributed by atoms with van der Waals surface area (Å²) in [6.07, 6.45) is 1.44. The number of nitrogens with zero attached hydrogens (tertiary/aromatic N) is 3. The molecule has 0 N–H and O–H groups in total. The van der Waals surface area contributed by atoms with Crippen LogP contribution >= 0.6 is 0 Å². The molecule has 0 spiro atoms. The number of hydrogen-bond donors (Lipinski definition) is 0. The van der Waals surface area contributed by atoms with Crippen LogP contribution in [-0.4, -0.2) is 12.0 Å². The van der Waals surface area contributed by atoms with Crippen molar-refractivity contribution in [1.29, 1.82) is 10.5 Å². The van der Waals surface area contributed by atoms with Crippen LogP contribution in [-0.2, 0) is 6.61 Å². The zero-order valence-electron chi connectivity index (χ0n) is 13.3. The van der Waals surface area contributed by atoms with Crippen LogP contribution in [0.4, 0.5) is 5.69 Å². The average molecular weight is 335 g/mol. The van der Waals surface area contributed by atoms with Gasteiger partial charge in [-0.3, -0.25) is 10.1 Å². The lowest BCUT2D eigenvalue weighted by Gasteiger charge is -2.11. The summed E-state index contributed by atoms with van der Waals surface area (Å²) < 4.78 is 10.8. The molecule has 0 aliphatic carbocycles. The van der Waals surface area contributed by atoms with Gasteiger partial charge in [-0.2, -0.15) is 10.5 Å². The summed E-state index contributed by atoms with van der Waals surface area (Å²) in [5.74, 6) is 0.677. The molecule has 0 aliphatic rings. The number of nitriles is 2. The first kappa shape index (κ1) is 17.5. The fraction of sp³-hybridized carbons (Fsp3) is 0.111. The molecule has 124 valence electrons. The molecule has 0 saturated heterocycles. The number of ether oxygens (including phenoxy) is 2. The fourth-order valence-electron chi connectivity index (χ4n) is 2.14. The van der Waals surface area contributed by atoms with E-state index in [0.717, 1.165) is 0 Å². The predicted octanol–water partition coefficient (Wildman–Crippen LogP) is 3.61. The molecule has 7 heteroatoms. The van der Waals surface area contributed by atoms with Gasteiger partial charge in [0.15, 0.2) is 5.75 Å². The molecule has 0 unspecified atom stereocenters. The zero-order chi connectivity index (χ0) is 18.2. The number of para-hydroxylation sites is 2. The molecule has 0 amide bonds. The number of benzene rings is 2. The van der Waals surface area contributed by atoms with Gasteiger partial charge in [-0.1, -0.05) is 18.2 Å². The number of methoxy groups -OCH3 is 1. The van der Waals surface area contributed by atoms with Gasteiger partial charge in [0.05, 0.1) is 12.0 Å². The van der Waals surface area contributed by atoms with E-state index in [4.69, 9.17) is 20.0 Å². The number of allylic oxidation sites excluding steroid dienone is 1. The minimum Gasteiger partial charge on any atom is -0.496 e. The maximum atomic E-state index is 11.0. The lowest BCUT2D eigenvalue weighted by Crippen LogP contribution is -2.01. The van der Waals surface area contributed by atoms with E-state index in [0.29, 0.717) is 16.9 Å². The molecule has 0 bridgehead atoms. The summed E-state index contributed by atoms with van der Waals surface area (Å²) in [5, 5.41) is 28.7. The van der Waals surface area contributed by atoms with E-state index in [1.54, 1.807) is 42.5 Å². The second-order valence-corrected chi connectivity index (χ2v) is 4.87. The molecule has 0 fully saturated rings. The summed E-state index contributed by atoms with van der Waals surface area (Å²) in [4.78, 5) is 10.5. The normalized spacial score (nSPS) is 9.40. The molecule has 25 heavy (non-hydrogen) atoms. The number of nitro groups is 1. The van der Waals surface area contributed by atoms with E-state index in [1.807, 2.05) is 0 Å². The SMILES string of the molecule is COc1ccc(C=C(C#N)C#N)cc1COc1ccccc1[N+](=O)[O-]. The molecule has 2 rings (SSSR count). The van der Waals surface area contributed by atoms with Crippen LogP contribution in [0.3, 0.4) is 0 Å². The Kier molecular flexibility index (Phi) is 5.70. The predicted molar refractivity (Wildman–Crippen MR) is 89.6 cm³/mol. The van der Waals surface area contributed by atoms with Crippen LogP contribution in [0.2, 0.25) is 0 Å². The lowest BCUT2D eigenvalue weighted by molar-refractivity contribution is -0.385. The maximum absolute atomic E-state index is 11.0. The average Bonchev–Trinajstić information content (AvgIpc) is 2.64. The fourth-order valence-corrected chi connectivity index (χ4v) is 2.14. The zero-order valence-corrected chi connectivity index (χ0v) is 13.3. The van der Waals surface area contributed by atoms with Gasteiger partial charge >= 0.3 is 5.69 Å². The van der Waals surface area contributed by atoms with Gasteiger partial charge in [0.25, 0.3) is 0 Å². The minimum atomic E-state index is -0.516. The number of rotatable bonds is 6. The van der Waals surface area contributed by atoms with Crippen molar-refractivity contribution in [1.82, 2.24) is 0 Å². The Morgan fingerprint density at radius 3 is 2.56 bits per heavy atom. The third kappa shape index (κ3) is 4.34. The Balaban J connectivity index is 2.30. The van der Waals surface area contributed by atoms with Crippen molar-refractivity contribution in [2.24, 2.45) is 0 Å². The number of nitro benzene ring substituents is 1. The monoisotopic (exact) mass is 335 g/mol. The van der Waals surface area contributed by atoms with Crippen LogP contribution in [0.1, 0.15) is 11.1 Å². The Morgan fingerprint density at radius 1 is 1.20 bits per heavy atom. The Hall–Kier alpha value is -3.84. The Morgan fingerprint density at radius 2 is 1.92 bits per heavy atom. The molecule has 0 heterocycles. The van der Waals surface area contributed by atoms with E-state index >= 15 is 0 Å². The quantitative estimate of drug-likeness (QED) is 0.453. The highest BCUT2D eigenvalue weighted by atomic mass is 16.6. The van der Waals surface area contributed by atoms with Crippen LogP contribution < -0.4 is 9.47 Å². The van der Waals surface area contributed by atoms with Crippen molar-refractivity contribution in [3.63, 3.8) is 0 Å². The first-order valence-electron chi connectivity index (χ1n) is 7.14. The smallest absolute Gasteiger partial charge is 0.310 e. The van der Waals surface area contributed by atoms with Crippen molar-refractivity contribution < 1.29 is 14.4 Å². The van der Waals surface area contributed by atoms with E-state index in [2.05, 4.69) is 0 Å². The van der Waals surface area contributed by atoms with Crippen molar-refractivity contribution in [2.75, 3.05) is 7.11 Å². The van der Waals surface area contributed by atoms with Gasteiger partial charge in [-0.25, -0.2) is 0 Å². The van der Waals surface area contributed by atoms with Crippen molar-refractivity contribution in [3.05, 3.63) is 69.3 Å². The topological polar surface area (TPSA) is 109 Å². The highest BCUT2D eigenvalue weighted by Crippen LogP contribution is 2.28. The van der Waals surface area contributed by atoms with Gasteiger partial charge in [0.2, 0.25) is 0 Å².